The number of benzene rings is 2. The number of rotatable bonds is 3. The van der Waals surface area contributed by atoms with Gasteiger partial charge in [0, 0.05) is 10.0 Å². The molecule has 0 bridgehead atoms. The molecular formula is C13H11BrClFN2. The van der Waals surface area contributed by atoms with Crippen molar-refractivity contribution in [2.45, 2.75) is 6.04 Å². The maximum atomic E-state index is 13.8. The van der Waals surface area contributed by atoms with E-state index in [0.717, 1.165) is 10.0 Å². The molecule has 2 aromatic carbocycles. The van der Waals surface area contributed by atoms with Gasteiger partial charge in [-0.15, -0.1) is 0 Å². The summed E-state index contributed by atoms with van der Waals surface area (Å²) >= 11 is 9.35. The number of nitrogens with two attached hydrogens (primary N) is 1. The first-order valence-electron chi connectivity index (χ1n) is 5.29. The van der Waals surface area contributed by atoms with E-state index < -0.39 is 6.04 Å². The van der Waals surface area contributed by atoms with E-state index in [4.69, 9.17) is 17.4 Å². The second kappa shape index (κ2) is 5.80. The predicted octanol–water partition coefficient (Wildman–Crippen LogP) is 3.79. The normalized spacial score (nSPS) is 12.4. The molecule has 2 nitrogen and oxygen atoms in total. The van der Waals surface area contributed by atoms with Gasteiger partial charge in [-0.3, -0.25) is 5.84 Å². The highest BCUT2D eigenvalue weighted by Crippen LogP contribution is 2.29. The van der Waals surface area contributed by atoms with Crippen molar-refractivity contribution in [2.24, 2.45) is 5.84 Å². The van der Waals surface area contributed by atoms with Crippen LogP contribution in [0.4, 0.5) is 4.39 Å². The van der Waals surface area contributed by atoms with Gasteiger partial charge in [-0.05, 0) is 39.7 Å². The van der Waals surface area contributed by atoms with Crippen molar-refractivity contribution in [3.63, 3.8) is 0 Å². The minimum atomic E-state index is -0.434. The Morgan fingerprint density at radius 3 is 2.56 bits per heavy atom. The molecule has 2 rings (SSSR count). The molecule has 0 saturated heterocycles. The van der Waals surface area contributed by atoms with Crippen LogP contribution < -0.4 is 11.3 Å². The van der Waals surface area contributed by atoms with Crippen LogP contribution in [0.2, 0.25) is 5.02 Å². The lowest BCUT2D eigenvalue weighted by Crippen LogP contribution is -2.29. The topological polar surface area (TPSA) is 38.0 Å². The molecule has 0 aliphatic carbocycles. The lowest BCUT2D eigenvalue weighted by molar-refractivity contribution is 0.560. The Morgan fingerprint density at radius 1 is 1.22 bits per heavy atom. The maximum absolute atomic E-state index is 13.8. The van der Waals surface area contributed by atoms with Crippen LogP contribution in [0.25, 0.3) is 0 Å². The minimum Gasteiger partial charge on any atom is -0.271 e. The van der Waals surface area contributed by atoms with E-state index in [2.05, 4.69) is 21.4 Å². The summed E-state index contributed by atoms with van der Waals surface area (Å²) in [6.07, 6.45) is 0. The zero-order valence-electron chi connectivity index (χ0n) is 9.33. The molecule has 94 valence electrons. The Bertz CT molecular complexity index is 562. The van der Waals surface area contributed by atoms with E-state index in [1.807, 2.05) is 12.1 Å². The minimum absolute atomic E-state index is 0.306. The molecule has 0 radical (unpaired) electrons. The monoisotopic (exact) mass is 328 g/mol. The summed E-state index contributed by atoms with van der Waals surface area (Å²) in [7, 11) is 0. The average Bonchev–Trinajstić information content (AvgIpc) is 2.37. The Kier molecular flexibility index (Phi) is 4.35. The molecule has 3 N–H and O–H groups in total. The van der Waals surface area contributed by atoms with Crippen LogP contribution >= 0.6 is 27.5 Å². The fourth-order valence-corrected chi connectivity index (χ4v) is 2.20. The van der Waals surface area contributed by atoms with Crippen LogP contribution in [0, 0.1) is 5.82 Å². The molecule has 0 aliphatic rings. The van der Waals surface area contributed by atoms with Crippen molar-refractivity contribution in [1.29, 1.82) is 0 Å². The predicted molar refractivity (Wildman–Crippen MR) is 74.7 cm³/mol. The van der Waals surface area contributed by atoms with E-state index in [9.17, 15) is 4.39 Å². The van der Waals surface area contributed by atoms with Crippen molar-refractivity contribution in [1.82, 2.24) is 5.43 Å². The third-order valence-electron chi connectivity index (χ3n) is 2.66. The molecule has 0 heterocycles. The van der Waals surface area contributed by atoms with Gasteiger partial charge in [0.05, 0.1) is 11.1 Å². The van der Waals surface area contributed by atoms with Gasteiger partial charge in [0.1, 0.15) is 5.82 Å². The maximum Gasteiger partial charge on any atom is 0.128 e. The van der Waals surface area contributed by atoms with Crippen molar-refractivity contribution in [3.05, 3.63) is 68.9 Å². The Hall–Kier alpha value is -0.940. The van der Waals surface area contributed by atoms with Gasteiger partial charge in [-0.25, -0.2) is 9.82 Å². The van der Waals surface area contributed by atoms with Gasteiger partial charge < -0.3 is 0 Å². The number of nitrogens with one attached hydrogen (secondary N) is 1. The van der Waals surface area contributed by atoms with Crippen molar-refractivity contribution in [2.75, 3.05) is 0 Å². The molecule has 18 heavy (non-hydrogen) atoms. The molecule has 5 heteroatoms. The van der Waals surface area contributed by atoms with Crippen molar-refractivity contribution < 1.29 is 4.39 Å². The molecule has 1 atom stereocenters. The van der Waals surface area contributed by atoms with Gasteiger partial charge in [-0.2, -0.15) is 0 Å². The fraction of sp³-hybridized carbons (Fsp3) is 0.0769. The van der Waals surface area contributed by atoms with Crippen molar-refractivity contribution >= 4 is 27.5 Å². The van der Waals surface area contributed by atoms with Crippen LogP contribution in [0.3, 0.4) is 0 Å². The number of hydrogen-bond acceptors (Lipinski definition) is 2. The SMILES string of the molecule is NNC(c1ccc(Br)c(Cl)c1)c1ccccc1F. The smallest absolute Gasteiger partial charge is 0.128 e. The third-order valence-corrected chi connectivity index (χ3v) is 3.89. The van der Waals surface area contributed by atoms with E-state index in [0.29, 0.717) is 10.6 Å². The van der Waals surface area contributed by atoms with Gasteiger partial charge in [0.15, 0.2) is 0 Å². The van der Waals surface area contributed by atoms with Crippen molar-refractivity contribution in [3.8, 4) is 0 Å². The van der Waals surface area contributed by atoms with Crippen LogP contribution in [0.5, 0.6) is 0 Å². The Morgan fingerprint density at radius 2 is 1.94 bits per heavy atom. The Labute approximate surface area is 118 Å². The lowest BCUT2D eigenvalue weighted by atomic mass is 9.99. The first-order chi connectivity index (χ1) is 8.63. The first kappa shape index (κ1) is 13.5. The number of hydrogen-bond donors (Lipinski definition) is 2. The molecule has 0 aliphatic heterocycles. The lowest BCUT2D eigenvalue weighted by Gasteiger charge is -2.18. The molecule has 0 amide bonds. The standard InChI is InChI=1S/C13H11BrClFN2/c14-10-6-5-8(7-11(10)15)13(18-17)9-3-1-2-4-12(9)16/h1-7,13,18H,17H2. The van der Waals surface area contributed by atoms with Gasteiger partial charge in [0.2, 0.25) is 0 Å². The second-order valence-electron chi connectivity index (χ2n) is 3.79. The number of halogens is 3. The summed E-state index contributed by atoms with van der Waals surface area (Å²) in [6, 6.07) is 11.5. The van der Waals surface area contributed by atoms with E-state index in [1.165, 1.54) is 6.07 Å². The van der Waals surface area contributed by atoms with Gasteiger partial charge >= 0.3 is 0 Å². The summed E-state index contributed by atoms with van der Waals surface area (Å²) in [5, 5.41) is 0.559. The molecule has 2 aromatic rings. The van der Waals surface area contributed by atoms with Crippen LogP contribution in [-0.2, 0) is 0 Å². The summed E-state index contributed by atoms with van der Waals surface area (Å²) in [5.41, 5.74) is 3.89. The quantitative estimate of drug-likeness (QED) is 0.664. The third kappa shape index (κ3) is 2.72. The highest BCUT2D eigenvalue weighted by Gasteiger charge is 2.16. The highest BCUT2D eigenvalue weighted by atomic mass is 79.9. The summed E-state index contributed by atoms with van der Waals surface area (Å²) < 4.78 is 14.5. The summed E-state index contributed by atoms with van der Waals surface area (Å²) in [4.78, 5) is 0. The molecular weight excluding hydrogens is 319 g/mol. The van der Waals surface area contributed by atoms with Gasteiger partial charge in [-0.1, -0.05) is 35.9 Å². The molecule has 0 aromatic heterocycles. The zero-order valence-corrected chi connectivity index (χ0v) is 11.7. The molecule has 1 unspecified atom stereocenters. The van der Waals surface area contributed by atoms with E-state index in [-0.39, 0.29) is 5.82 Å². The second-order valence-corrected chi connectivity index (χ2v) is 5.06. The first-order valence-corrected chi connectivity index (χ1v) is 6.46. The fourth-order valence-electron chi connectivity index (χ4n) is 1.77. The molecule has 0 saturated carbocycles. The van der Waals surface area contributed by atoms with Crippen LogP contribution in [-0.4, -0.2) is 0 Å². The number of hydrazine groups is 1. The van der Waals surface area contributed by atoms with Crippen LogP contribution in [0.1, 0.15) is 17.2 Å². The summed E-state index contributed by atoms with van der Waals surface area (Å²) in [5.74, 6) is 5.22. The van der Waals surface area contributed by atoms with E-state index >= 15 is 0 Å². The molecule has 0 spiro atoms. The highest BCUT2D eigenvalue weighted by molar-refractivity contribution is 9.10. The zero-order chi connectivity index (χ0) is 13.1. The van der Waals surface area contributed by atoms with Crippen LogP contribution in [0.15, 0.2) is 46.9 Å². The summed E-state index contributed by atoms with van der Waals surface area (Å²) in [6.45, 7) is 0. The Balaban J connectivity index is 2.45. The average molecular weight is 330 g/mol. The van der Waals surface area contributed by atoms with Gasteiger partial charge in [0.25, 0.3) is 0 Å². The largest absolute Gasteiger partial charge is 0.271 e. The van der Waals surface area contributed by atoms with E-state index in [1.54, 1.807) is 24.3 Å². The molecule has 0 fully saturated rings.